The lowest BCUT2D eigenvalue weighted by atomic mass is 9.83. The number of rotatable bonds is 10. The number of carbonyl (C=O) groups is 4. The van der Waals surface area contributed by atoms with Gasteiger partial charge in [-0.25, -0.2) is 4.79 Å². The Morgan fingerprint density at radius 2 is 1.65 bits per heavy atom. The van der Waals surface area contributed by atoms with Crippen LogP contribution >= 0.6 is 0 Å². The number of benzene rings is 1. The van der Waals surface area contributed by atoms with Crippen molar-refractivity contribution in [1.82, 2.24) is 4.90 Å². The molecule has 1 saturated carbocycles. The number of ketones is 1. The third-order valence-corrected chi connectivity index (χ3v) is 9.44. The number of fused-ring (bicyclic) bond motifs is 1. The van der Waals surface area contributed by atoms with Gasteiger partial charge in [0.2, 0.25) is 5.91 Å². The predicted molar refractivity (Wildman–Crippen MR) is 191 cm³/mol. The Balaban J connectivity index is 0.000000635. The van der Waals surface area contributed by atoms with Gasteiger partial charge in [0.15, 0.2) is 5.60 Å². The van der Waals surface area contributed by atoms with Crippen LogP contribution in [0.2, 0.25) is 0 Å². The Morgan fingerprint density at radius 3 is 2.16 bits per heavy atom. The first kappa shape index (κ1) is 40.3. The molecule has 11 nitrogen and oxygen atoms in total. The highest BCUT2D eigenvalue weighted by Crippen LogP contribution is 2.43. The van der Waals surface area contributed by atoms with Crippen molar-refractivity contribution in [3.8, 4) is 5.75 Å². The lowest BCUT2D eigenvalue weighted by Crippen LogP contribution is -2.53. The van der Waals surface area contributed by atoms with Crippen molar-refractivity contribution in [2.24, 2.45) is 23.2 Å². The maximum atomic E-state index is 14.1. The van der Waals surface area contributed by atoms with Gasteiger partial charge in [-0.3, -0.25) is 14.4 Å². The van der Waals surface area contributed by atoms with Gasteiger partial charge < -0.3 is 33.6 Å². The molecule has 276 valence electrons. The Labute approximate surface area is 293 Å². The van der Waals surface area contributed by atoms with Crippen LogP contribution in [0.1, 0.15) is 94.9 Å². The Bertz CT molecular complexity index is 1330. The van der Waals surface area contributed by atoms with E-state index in [0.717, 1.165) is 19.4 Å². The summed E-state index contributed by atoms with van der Waals surface area (Å²) in [6.45, 7) is 21.5. The van der Waals surface area contributed by atoms with E-state index in [0.29, 0.717) is 54.5 Å². The van der Waals surface area contributed by atoms with E-state index >= 15 is 0 Å². The van der Waals surface area contributed by atoms with E-state index in [1.807, 2.05) is 18.2 Å². The summed E-state index contributed by atoms with van der Waals surface area (Å²) in [5.41, 5.74) is -0.0186. The average molecular weight is 688 g/mol. The third kappa shape index (κ3) is 10.9. The van der Waals surface area contributed by atoms with Gasteiger partial charge in [0, 0.05) is 64.7 Å². The fraction of sp³-hybridized carbons (Fsp3) is 0.737. The minimum atomic E-state index is -1.01. The number of hydrogen-bond acceptors (Lipinski definition) is 8. The van der Waals surface area contributed by atoms with Gasteiger partial charge >= 0.3 is 6.09 Å². The molecule has 0 spiro atoms. The smallest absolute Gasteiger partial charge is 0.410 e. The molecule has 3 unspecified atom stereocenters. The number of likely N-dealkylation sites (tertiary alicyclic amines) is 1. The maximum Gasteiger partial charge on any atom is 0.410 e. The Kier molecular flexibility index (Phi) is 13.3. The van der Waals surface area contributed by atoms with Crippen molar-refractivity contribution in [1.29, 1.82) is 0 Å². The van der Waals surface area contributed by atoms with Crippen molar-refractivity contribution in [2.45, 2.75) is 112 Å². The molecule has 4 rings (SSSR count). The quantitative estimate of drug-likeness (QED) is 0.256. The molecule has 49 heavy (non-hydrogen) atoms. The van der Waals surface area contributed by atoms with Gasteiger partial charge in [-0.1, -0.05) is 27.7 Å². The summed E-state index contributed by atoms with van der Waals surface area (Å²) in [6, 6.07) is 5.54. The topological polar surface area (TPSA) is 115 Å². The molecule has 0 N–H and O–H groups in total. The highest BCUT2D eigenvalue weighted by atomic mass is 16.6. The molecule has 3 amide bonds. The fourth-order valence-electron chi connectivity index (χ4n) is 5.89. The van der Waals surface area contributed by atoms with Crippen LogP contribution in [0.5, 0.6) is 5.75 Å². The van der Waals surface area contributed by atoms with Gasteiger partial charge in [-0.05, 0) is 96.8 Å². The number of carbonyl (C=O) groups excluding carboxylic acids is 4. The van der Waals surface area contributed by atoms with Gasteiger partial charge in [-0.15, -0.1) is 0 Å². The number of hydrogen-bond donors (Lipinski definition) is 0. The number of anilines is 2. The highest BCUT2D eigenvalue weighted by molar-refractivity contribution is 6.04. The number of amides is 3. The fourth-order valence-corrected chi connectivity index (χ4v) is 5.89. The number of piperidine rings is 1. The number of nitrogens with zero attached hydrogens (tertiary/aromatic N) is 3. The van der Waals surface area contributed by atoms with E-state index in [1.54, 1.807) is 58.6 Å². The van der Waals surface area contributed by atoms with Crippen LogP contribution in [0.25, 0.3) is 0 Å². The Morgan fingerprint density at radius 1 is 1.02 bits per heavy atom. The molecule has 2 aliphatic heterocycles. The predicted octanol–water partition coefficient (Wildman–Crippen LogP) is 6.50. The van der Waals surface area contributed by atoms with Crippen LogP contribution in [0.3, 0.4) is 0 Å². The highest BCUT2D eigenvalue weighted by Gasteiger charge is 2.44. The van der Waals surface area contributed by atoms with E-state index in [1.165, 1.54) is 11.8 Å². The summed E-state index contributed by atoms with van der Waals surface area (Å²) >= 11 is 0. The zero-order valence-electron chi connectivity index (χ0n) is 32.0. The molecule has 0 aromatic heterocycles. The molecule has 1 aromatic rings. The van der Waals surface area contributed by atoms with Crippen molar-refractivity contribution >= 4 is 35.1 Å². The average Bonchev–Trinajstić information content (AvgIpc) is 3.83. The largest absolute Gasteiger partial charge is 0.476 e. The molecule has 0 radical (unpaired) electrons. The molecular weight excluding hydrogens is 626 g/mol. The second kappa shape index (κ2) is 16.2. The van der Waals surface area contributed by atoms with Crippen molar-refractivity contribution in [2.75, 3.05) is 56.9 Å². The summed E-state index contributed by atoms with van der Waals surface area (Å²) in [6.07, 6.45) is 2.24. The van der Waals surface area contributed by atoms with Gasteiger partial charge in [0.05, 0.1) is 11.6 Å². The van der Waals surface area contributed by atoms with E-state index in [4.69, 9.17) is 18.9 Å². The molecule has 2 heterocycles. The van der Waals surface area contributed by atoms with Gasteiger partial charge in [0.1, 0.15) is 17.1 Å². The molecule has 11 heteroatoms. The van der Waals surface area contributed by atoms with E-state index in [9.17, 15) is 19.2 Å². The maximum absolute atomic E-state index is 14.1. The van der Waals surface area contributed by atoms with Crippen LogP contribution in [-0.2, 0) is 28.6 Å². The van der Waals surface area contributed by atoms with Crippen LogP contribution in [-0.4, -0.2) is 92.9 Å². The molecule has 0 bridgehead atoms. The minimum Gasteiger partial charge on any atom is -0.476 e. The normalized spacial score (nSPS) is 21.1. The third-order valence-electron chi connectivity index (χ3n) is 9.44. The van der Waals surface area contributed by atoms with Crippen LogP contribution < -0.4 is 14.5 Å². The van der Waals surface area contributed by atoms with Gasteiger partial charge in [0.25, 0.3) is 5.91 Å². The monoisotopic (exact) mass is 687 g/mol. The SMILES string of the molecule is COCC(C)C(C)(C)C.COCCCN1C(=O)C(C)(C)Oc2ccc(N(C(=O)C3CC(C(C)=O)CN(C(=O)OC(C)(C)C)C3)C3CC3)cc21. The zero-order valence-corrected chi connectivity index (χ0v) is 32.0. The first-order valence-corrected chi connectivity index (χ1v) is 17.6. The molecule has 1 saturated heterocycles. The lowest BCUT2D eigenvalue weighted by Gasteiger charge is -2.40. The second-order valence-corrected chi connectivity index (χ2v) is 16.4. The summed E-state index contributed by atoms with van der Waals surface area (Å²) in [5.74, 6) is -0.103. The second-order valence-electron chi connectivity index (χ2n) is 16.4. The van der Waals surface area contributed by atoms with Crippen LogP contribution in [0.4, 0.5) is 16.2 Å². The standard InChI is InChI=1S/C30H43N3O7.C8H18O/c1-19(34)20-15-21(18-31(17-20)28(37)40-29(2,3)4)26(35)33(22-9-10-22)23-11-12-25-24(16-23)32(13-8-14-38-7)27(36)30(5,6)39-25;1-7(6-9-5)8(2,3)4/h11-12,16,20-22H,8-10,13-15,17-18H2,1-7H3;7H,6H2,1-5H3. The van der Waals surface area contributed by atoms with Crippen LogP contribution in [0, 0.1) is 23.2 Å². The first-order valence-electron chi connectivity index (χ1n) is 17.6. The van der Waals surface area contributed by atoms with Crippen molar-refractivity contribution in [3.05, 3.63) is 18.2 Å². The molecular formula is C38H61N3O8. The van der Waals surface area contributed by atoms with Crippen molar-refractivity contribution < 1.29 is 38.1 Å². The van der Waals surface area contributed by atoms with E-state index in [2.05, 4.69) is 27.7 Å². The molecule has 1 aliphatic carbocycles. The van der Waals surface area contributed by atoms with E-state index in [-0.39, 0.29) is 36.7 Å². The van der Waals surface area contributed by atoms with Crippen molar-refractivity contribution in [3.63, 3.8) is 0 Å². The summed E-state index contributed by atoms with van der Waals surface area (Å²) < 4.78 is 21.9. The number of methoxy groups -OCH3 is 2. The summed E-state index contributed by atoms with van der Waals surface area (Å²) in [7, 11) is 3.38. The van der Waals surface area contributed by atoms with E-state index < -0.39 is 29.1 Å². The molecule has 3 aliphatic rings. The first-order chi connectivity index (χ1) is 22.7. The minimum absolute atomic E-state index is 0.0248. The Hall–Kier alpha value is -3.18. The summed E-state index contributed by atoms with van der Waals surface area (Å²) in [5, 5.41) is 0. The zero-order chi connectivity index (χ0) is 36.9. The lowest BCUT2D eigenvalue weighted by molar-refractivity contribution is -0.132. The summed E-state index contributed by atoms with van der Waals surface area (Å²) in [4.78, 5) is 57.8. The molecule has 3 atom stereocenters. The molecule has 2 fully saturated rings. The molecule has 1 aromatic carbocycles. The number of ether oxygens (including phenoxy) is 4. The van der Waals surface area contributed by atoms with Crippen LogP contribution in [0.15, 0.2) is 18.2 Å². The number of Topliss-reactive ketones (excluding diaryl/α,β-unsaturated/α-hetero) is 1. The van der Waals surface area contributed by atoms with Gasteiger partial charge in [-0.2, -0.15) is 0 Å².